The number of nitrogens with one attached hydrogen (secondary N) is 1. The van der Waals surface area contributed by atoms with Crippen LogP contribution in [0.4, 0.5) is 5.13 Å². The van der Waals surface area contributed by atoms with E-state index in [2.05, 4.69) is 31.7 Å². The first kappa shape index (κ1) is 18.7. The highest BCUT2D eigenvalue weighted by Gasteiger charge is 2.33. The molecule has 1 amide bonds. The summed E-state index contributed by atoms with van der Waals surface area (Å²) in [7, 11) is 0. The van der Waals surface area contributed by atoms with Crippen LogP contribution in [0.1, 0.15) is 52.1 Å². The van der Waals surface area contributed by atoms with Gasteiger partial charge in [0, 0.05) is 54.2 Å². The quantitative estimate of drug-likeness (QED) is 0.496. The molecule has 0 radical (unpaired) electrons. The minimum atomic E-state index is -0.144. The van der Waals surface area contributed by atoms with Crippen LogP contribution in [-0.4, -0.2) is 25.4 Å². The van der Waals surface area contributed by atoms with Gasteiger partial charge in [0.1, 0.15) is 5.69 Å². The van der Waals surface area contributed by atoms with E-state index in [9.17, 15) is 4.79 Å². The number of hydrogen-bond acceptors (Lipinski definition) is 5. The number of rotatable bonds is 6. The molecule has 0 saturated heterocycles. The number of thiazole rings is 1. The molecule has 0 atom stereocenters. The van der Waals surface area contributed by atoms with Crippen molar-refractivity contribution in [3.63, 3.8) is 0 Å². The van der Waals surface area contributed by atoms with E-state index in [1.54, 1.807) is 12.4 Å². The average Bonchev–Trinajstić information content (AvgIpc) is 3.38. The van der Waals surface area contributed by atoms with Crippen molar-refractivity contribution in [3.05, 3.63) is 95.3 Å². The van der Waals surface area contributed by atoms with Gasteiger partial charge >= 0.3 is 0 Å². The lowest BCUT2D eigenvalue weighted by molar-refractivity contribution is 0.101. The van der Waals surface area contributed by atoms with Crippen molar-refractivity contribution < 1.29 is 4.79 Å². The molecule has 0 aliphatic heterocycles. The lowest BCUT2D eigenvalue weighted by Gasteiger charge is -2.33. The van der Waals surface area contributed by atoms with Crippen molar-refractivity contribution in [2.75, 3.05) is 5.32 Å². The third-order valence-electron chi connectivity index (χ3n) is 5.57. The van der Waals surface area contributed by atoms with Gasteiger partial charge in [-0.15, -0.1) is 11.3 Å². The van der Waals surface area contributed by atoms with Crippen molar-refractivity contribution in [1.29, 1.82) is 0 Å². The lowest BCUT2D eigenvalue weighted by Crippen LogP contribution is -2.21. The molecule has 0 unspecified atom stereocenters. The second kappa shape index (κ2) is 8.20. The molecule has 1 N–H and O–H groups in total. The van der Waals surface area contributed by atoms with E-state index in [1.165, 1.54) is 11.3 Å². The fourth-order valence-corrected chi connectivity index (χ4v) is 4.64. The minimum Gasteiger partial charge on any atom is -0.339 e. The number of carbonyl (C=O) groups is 1. The maximum atomic E-state index is 12.8. The van der Waals surface area contributed by atoms with Gasteiger partial charge in [-0.05, 0) is 54.8 Å². The Balaban J connectivity index is 1.21. The van der Waals surface area contributed by atoms with Crippen molar-refractivity contribution in [2.45, 2.75) is 31.2 Å². The summed E-state index contributed by atoms with van der Waals surface area (Å²) in [5.41, 5.74) is 3.93. The van der Waals surface area contributed by atoms with E-state index >= 15 is 0 Å². The Hall–Kier alpha value is -3.32. The van der Waals surface area contributed by atoms with Crippen LogP contribution < -0.4 is 5.32 Å². The van der Waals surface area contributed by atoms with Gasteiger partial charge in [0.2, 0.25) is 0 Å². The van der Waals surface area contributed by atoms with E-state index in [1.807, 2.05) is 53.4 Å². The Labute approximate surface area is 178 Å². The highest BCUT2D eigenvalue weighted by molar-refractivity contribution is 7.14. The zero-order valence-electron chi connectivity index (χ0n) is 16.3. The van der Waals surface area contributed by atoms with Crippen LogP contribution >= 0.6 is 11.3 Å². The van der Waals surface area contributed by atoms with Crippen molar-refractivity contribution >= 4 is 22.4 Å². The highest BCUT2D eigenvalue weighted by atomic mass is 32.1. The molecule has 1 aliphatic rings. The molecular formula is C23H21N5OS. The van der Waals surface area contributed by atoms with E-state index in [-0.39, 0.29) is 5.91 Å². The molecule has 5 rings (SSSR count). The molecular weight excluding hydrogens is 394 g/mol. The van der Waals surface area contributed by atoms with Crippen molar-refractivity contribution in [3.8, 4) is 0 Å². The van der Waals surface area contributed by atoms with Gasteiger partial charge in [-0.3, -0.25) is 20.1 Å². The summed E-state index contributed by atoms with van der Waals surface area (Å²) >= 11 is 1.48. The summed E-state index contributed by atoms with van der Waals surface area (Å²) in [6, 6.07) is 13.7. The Morgan fingerprint density at radius 1 is 1.03 bits per heavy atom. The minimum absolute atomic E-state index is 0.144. The highest BCUT2D eigenvalue weighted by Crippen LogP contribution is 2.47. The maximum absolute atomic E-state index is 12.8. The molecule has 30 heavy (non-hydrogen) atoms. The van der Waals surface area contributed by atoms with Crippen LogP contribution in [0.3, 0.4) is 0 Å². The summed E-state index contributed by atoms with van der Waals surface area (Å²) in [6.45, 7) is 0.623. The molecule has 7 heteroatoms. The molecule has 4 aromatic heterocycles. The zero-order chi connectivity index (χ0) is 20.3. The molecule has 0 aromatic carbocycles. The fraction of sp³-hybridized carbons (Fsp3) is 0.217. The van der Waals surface area contributed by atoms with E-state index in [4.69, 9.17) is 0 Å². The van der Waals surface area contributed by atoms with E-state index in [0.29, 0.717) is 29.2 Å². The Bertz CT molecular complexity index is 1130. The number of carbonyl (C=O) groups excluding carboxylic acids is 1. The Kier molecular flexibility index (Phi) is 5.11. The number of anilines is 1. The molecule has 0 bridgehead atoms. The lowest BCUT2D eigenvalue weighted by atomic mass is 9.72. The smallest absolute Gasteiger partial charge is 0.274 e. The molecule has 1 aliphatic carbocycles. The third kappa shape index (κ3) is 3.89. The van der Waals surface area contributed by atoms with Gasteiger partial charge in [-0.1, -0.05) is 6.07 Å². The fourth-order valence-electron chi connectivity index (χ4n) is 3.85. The average molecular weight is 416 g/mol. The second-order valence-corrected chi connectivity index (χ2v) is 8.39. The predicted molar refractivity (Wildman–Crippen MR) is 117 cm³/mol. The molecule has 4 heterocycles. The number of pyridine rings is 2. The van der Waals surface area contributed by atoms with E-state index < -0.39 is 0 Å². The van der Waals surface area contributed by atoms with E-state index in [0.717, 1.165) is 29.8 Å². The van der Waals surface area contributed by atoms with Gasteiger partial charge < -0.3 is 4.57 Å². The molecule has 1 saturated carbocycles. The van der Waals surface area contributed by atoms with Crippen molar-refractivity contribution in [1.82, 2.24) is 19.5 Å². The third-order valence-corrected chi connectivity index (χ3v) is 6.35. The first-order chi connectivity index (χ1) is 14.8. The SMILES string of the molecule is O=C(Nc1nc([C@H]2C[C@@H](c3ccccn3)C2)cs1)c1cccn1Cc1ccncc1. The van der Waals surface area contributed by atoms with Crippen LogP contribution in [0, 0.1) is 0 Å². The van der Waals surface area contributed by atoms with Crippen LogP contribution in [0.25, 0.3) is 0 Å². The molecule has 0 spiro atoms. The van der Waals surface area contributed by atoms with Gasteiger partial charge in [0.15, 0.2) is 5.13 Å². The topological polar surface area (TPSA) is 72.7 Å². The summed E-state index contributed by atoms with van der Waals surface area (Å²) in [5, 5.41) is 5.67. The van der Waals surface area contributed by atoms with Crippen LogP contribution in [0.2, 0.25) is 0 Å². The first-order valence-electron chi connectivity index (χ1n) is 9.98. The Morgan fingerprint density at radius 3 is 2.67 bits per heavy atom. The predicted octanol–water partition coefficient (Wildman–Crippen LogP) is 4.70. The molecule has 6 nitrogen and oxygen atoms in total. The standard InChI is InChI=1S/C23H21N5OS/c29-22(21-5-3-11-28(21)14-16-6-9-24-10-7-16)27-23-26-20(15-30-23)18-12-17(13-18)19-4-1-2-8-25-19/h1-11,15,17-18H,12-14H2,(H,26,27,29)/t17-,18+. The first-order valence-corrected chi connectivity index (χ1v) is 10.9. The molecule has 1 fully saturated rings. The summed E-state index contributed by atoms with van der Waals surface area (Å²) in [6.07, 6.45) is 9.40. The number of nitrogens with zero attached hydrogens (tertiary/aromatic N) is 4. The Morgan fingerprint density at radius 2 is 1.87 bits per heavy atom. The van der Waals surface area contributed by atoms with Crippen molar-refractivity contribution in [2.24, 2.45) is 0 Å². The number of hydrogen-bond donors (Lipinski definition) is 1. The number of amides is 1. The van der Waals surface area contributed by atoms with Gasteiger partial charge in [-0.25, -0.2) is 4.98 Å². The summed E-state index contributed by atoms with van der Waals surface area (Å²) < 4.78 is 1.93. The largest absolute Gasteiger partial charge is 0.339 e. The number of aromatic nitrogens is 4. The molecule has 4 aromatic rings. The summed E-state index contributed by atoms with van der Waals surface area (Å²) in [4.78, 5) is 26.0. The molecule has 150 valence electrons. The summed E-state index contributed by atoms with van der Waals surface area (Å²) in [5.74, 6) is 0.803. The van der Waals surface area contributed by atoms with Crippen LogP contribution in [-0.2, 0) is 6.54 Å². The van der Waals surface area contributed by atoms with Gasteiger partial charge in [0.05, 0.1) is 5.69 Å². The monoisotopic (exact) mass is 415 g/mol. The zero-order valence-corrected chi connectivity index (χ0v) is 17.1. The van der Waals surface area contributed by atoms with Gasteiger partial charge in [-0.2, -0.15) is 0 Å². The van der Waals surface area contributed by atoms with Gasteiger partial charge in [0.25, 0.3) is 5.91 Å². The van der Waals surface area contributed by atoms with Crippen LogP contribution in [0.5, 0.6) is 0 Å². The van der Waals surface area contributed by atoms with Crippen LogP contribution in [0.15, 0.2) is 72.6 Å². The maximum Gasteiger partial charge on any atom is 0.274 e. The second-order valence-electron chi connectivity index (χ2n) is 7.53. The normalized spacial score (nSPS) is 18.0.